The van der Waals surface area contributed by atoms with Crippen LogP contribution in [0.4, 0.5) is 0 Å². The van der Waals surface area contributed by atoms with Gasteiger partial charge in [0.25, 0.3) is 0 Å². The van der Waals surface area contributed by atoms with Crippen LogP contribution in [0.3, 0.4) is 0 Å². The fourth-order valence-electron chi connectivity index (χ4n) is 1.26. The first kappa shape index (κ1) is 8.53. The van der Waals surface area contributed by atoms with Gasteiger partial charge in [-0.1, -0.05) is 6.92 Å². The summed E-state index contributed by atoms with van der Waals surface area (Å²) < 4.78 is 5.32. The lowest BCUT2D eigenvalue weighted by molar-refractivity contribution is -0.137. The second-order valence-corrected chi connectivity index (χ2v) is 3.19. The van der Waals surface area contributed by atoms with Crippen molar-refractivity contribution in [1.29, 1.82) is 0 Å². The van der Waals surface area contributed by atoms with E-state index in [4.69, 9.17) is 4.74 Å². The largest absolute Gasteiger partial charge is 0.376 e. The van der Waals surface area contributed by atoms with Crippen LogP contribution in [-0.4, -0.2) is 24.7 Å². The van der Waals surface area contributed by atoms with Crippen LogP contribution in [0.25, 0.3) is 0 Å². The Hall–Kier alpha value is -0.570. The highest BCUT2D eigenvalue weighted by Crippen LogP contribution is 2.25. The van der Waals surface area contributed by atoms with Crippen LogP contribution in [0.1, 0.15) is 26.7 Å². The molecule has 1 saturated heterocycles. The van der Waals surface area contributed by atoms with Crippen molar-refractivity contribution in [3.05, 3.63) is 0 Å². The van der Waals surface area contributed by atoms with E-state index in [9.17, 15) is 4.79 Å². The SMILES string of the molecule is CCC(C)(OC)C1CC(=O)N1. The number of hydrogen-bond donors (Lipinski definition) is 1. The van der Waals surface area contributed by atoms with Crippen molar-refractivity contribution in [2.24, 2.45) is 0 Å². The van der Waals surface area contributed by atoms with E-state index < -0.39 is 0 Å². The van der Waals surface area contributed by atoms with Gasteiger partial charge in [0.05, 0.1) is 11.6 Å². The Bertz CT molecular complexity index is 155. The predicted molar refractivity (Wildman–Crippen MR) is 42.3 cm³/mol. The van der Waals surface area contributed by atoms with E-state index in [2.05, 4.69) is 12.2 Å². The summed E-state index contributed by atoms with van der Waals surface area (Å²) in [6.45, 7) is 4.09. The molecule has 2 atom stereocenters. The van der Waals surface area contributed by atoms with E-state index in [1.165, 1.54) is 0 Å². The Kier molecular flexibility index (Phi) is 2.18. The Labute approximate surface area is 67.1 Å². The average Bonchev–Trinajstić information content (AvgIpc) is 1.98. The minimum absolute atomic E-state index is 0.131. The third-order valence-corrected chi connectivity index (χ3v) is 2.63. The van der Waals surface area contributed by atoms with Crippen LogP contribution < -0.4 is 5.32 Å². The quantitative estimate of drug-likeness (QED) is 0.612. The van der Waals surface area contributed by atoms with Crippen LogP contribution >= 0.6 is 0 Å². The molecule has 1 amide bonds. The van der Waals surface area contributed by atoms with Gasteiger partial charge in [-0.25, -0.2) is 0 Å². The van der Waals surface area contributed by atoms with Gasteiger partial charge < -0.3 is 10.1 Å². The van der Waals surface area contributed by atoms with Crippen molar-refractivity contribution in [2.75, 3.05) is 7.11 Å². The number of carbonyl (C=O) groups excluding carboxylic acids is 1. The molecule has 1 fully saturated rings. The molecule has 0 radical (unpaired) electrons. The van der Waals surface area contributed by atoms with Crippen molar-refractivity contribution in [2.45, 2.75) is 38.3 Å². The van der Waals surface area contributed by atoms with Gasteiger partial charge in [-0.3, -0.25) is 4.79 Å². The second kappa shape index (κ2) is 2.81. The van der Waals surface area contributed by atoms with Gasteiger partial charge in [-0.2, -0.15) is 0 Å². The third-order valence-electron chi connectivity index (χ3n) is 2.63. The molecule has 1 heterocycles. The minimum atomic E-state index is -0.173. The molecule has 1 N–H and O–H groups in total. The zero-order valence-corrected chi connectivity index (χ0v) is 7.31. The van der Waals surface area contributed by atoms with E-state index in [1.807, 2.05) is 6.92 Å². The molecule has 2 unspecified atom stereocenters. The van der Waals surface area contributed by atoms with E-state index in [0.29, 0.717) is 6.42 Å². The maximum Gasteiger partial charge on any atom is 0.222 e. The highest BCUT2D eigenvalue weighted by Gasteiger charge is 2.40. The second-order valence-electron chi connectivity index (χ2n) is 3.19. The van der Waals surface area contributed by atoms with E-state index >= 15 is 0 Å². The Morgan fingerprint density at radius 3 is 2.64 bits per heavy atom. The number of β-lactam (4-membered cyclic amide) rings is 1. The molecule has 3 nitrogen and oxygen atoms in total. The van der Waals surface area contributed by atoms with Gasteiger partial charge in [-0.05, 0) is 13.3 Å². The van der Waals surface area contributed by atoms with Gasteiger partial charge in [0, 0.05) is 13.5 Å². The number of carbonyl (C=O) groups is 1. The summed E-state index contributed by atoms with van der Waals surface area (Å²) in [4.78, 5) is 10.6. The van der Waals surface area contributed by atoms with Crippen LogP contribution in [0.2, 0.25) is 0 Å². The van der Waals surface area contributed by atoms with Crippen molar-refractivity contribution in [3.8, 4) is 0 Å². The highest BCUT2D eigenvalue weighted by molar-refractivity contribution is 5.83. The van der Waals surface area contributed by atoms with Gasteiger partial charge >= 0.3 is 0 Å². The molecular formula is C8H15NO2. The van der Waals surface area contributed by atoms with E-state index in [1.54, 1.807) is 7.11 Å². The number of ether oxygens (including phenoxy) is 1. The Morgan fingerprint density at radius 1 is 1.82 bits per heavy atom. The molecule has 0 saturated carbocycles. The first-order valence-corrected chi connectivity index (χ1v) is 3.97. The van der Waals surface area contributed by atoms with E-state index in [-0.39, 0.29) is 17.6 Å². The lowest BCUT2D eigenvalue weighted by atomic mass is 9.86. The third kappa shape index (κ3) is 1.38. The predicted octanol–water partition coefficient (Wildman–Crippen LogP) is 0.690. The maximum atomic E-state index is 10.6. The van der Waals surface area contributed by atoms with Crippen molar-refractivity contribution < 1.29 is 9.53 Å². The lowest BCUT2D eigenvalue weighted by Crippen LogP contribution is -2.61. The Morgan fingerprint density at radius 2 is 2.36 bits per heavy atom. The molecule has 0 aromatic carbocycles. The molecule has 0 spiro atoms. The van der Waals surface area contributed by atoms with E-state index in [0.717, 1.165) is 6.42 Å². The number of rotatable bonds is 3. The molecule has 3 heteroatoms. The lowest BCUT2D eigenvalue weighted by Gasteiger charge is -2.41. The summed E-state index contributed by atoms with van der Waals surface area (Å²) >= 11 is 0. The molecule has 64 valence electrons. The van der Waals surface area contributed by atoms with Crippen LogP contribution in [-0.2, 0) is 9.53 Å². The molecule has 0 aromatic rings. The zero-order chi connectivity index (χ0) is 8.48. The van der Waals surface area contributed by atoms with Gasteiger partial charge in [0.15, 0.2) is 0 Å². The summed E-state index contributed by atoms with van der Waals surface area (Å²) in [5, 5.41) is 2.82. The first-order chi connectivity index (χ1) is 5.12. The summed E-state index contributed by atoms with van der Waals surface area (Å²) in [6, 6.07) is 0.213. The van der Waals surface area contributed by atoms with Gasteiger partial charge in [0.1, 0.15) is 0 Å². The molecule has 0 aromatic heterocycles. The van der Waals surface area contributed by atoms with Crippen LogP contribution in [0.15, 0.2) is 0 Å². The molecule has 11 heavy (non-hydrogen) atoms. The molecule has 1 aliphatic heterocycles. The molecule has 1 rings (SSSR count). The van der Waals surface area contributed by atoms with Gasteiger partial charge in [-0.15, -0.1) is 0 Å². The number of methoxy groups -OCH3 is 1. The van der Waals surface area contributed by atoms with Crippen LogP contribution in [0.5, 0.6) is 0 Å². The Balaban J connectivity index is 2.50. The maximum absolute atomic E-state index is 10.6. The monoisotopic (exact) mass is 157 g/mol. The highest BCUT2D eigenvalue weighted by atomic mass is 16.5. The normalized spacial score (nSPS) is 28.6. The van der Waals surface area contributed by atoms with Crippen LogP contribution in [0, 0.1) is 0 Å². The summed E-state index contributed by atoms with van der Waals surface area (Å²) in [6.07, 6.45) is 1.53. The minimum Gasteiger partial charge on any atom is -0.376 e. The molecule has 0 bridgehead atoms. The zero-order valence-electron chi connectivity index (χ0n) is 7.31. The summed E-state index contributed by atoms with van der Waals surface area (Å²) in [7, 11) is 1.69. The fraction of sp³-hybridized carbons (Fsp3) is 0.875. The van der Waals surface area contributed by atoms with Crippen molar-refractivity contribution in [3.63, 3.8) is 0 Å². The first-order valence-electron chi connectivity index (χ1n) is 3.97. The standard InChI is InChI=1S/C8H15NO2/c1-4-8(2,11-3)6-5-7(10)9-6/h6H,4-5H2,1-3H3,(H,9,10). The smallest absolute Gasteiger partial charge is 0.222 e. The molecule has 0 aliphatic carbocycles. The number of amides is 1. The summed E-state index contributed by atoms with van der Waals surface area (Å²) in [5.41, 5.74) is -0.173. The fourth-order valence-corrected chi connectivity index (χ4v) is 1.26. The summed E-state index contributed by atoms with van der Waals surface area (Å²) in [5.74, 6) is 0.131. The molecule has 1 aliphatic rings. The number of hydrogen-bond acceptors (Lipinski definition) is 2. The van der Waals surface area contributed by atoms with Gasteiger partial charge in [0.2, 0.25) is 5.91 Å². The van der Waals surface area contributed by atoms with Crippen molar-refractivity contribution >= 4 is 5.91 Å². The molecular weight excluding hydrogens is 142 g/mol. The average molecular weight is 157 g/mol. The number of nitrogens with one attached hydrogen (secondary N) is 1. The topological polar surface area (TPSA) is 38.3 Å². The van der Waals surface area contributed by atoms with Crippen molar-refractivity contribution in [1.82, 2.24) is 5.32 Å².